The molecule has 2 aromatic carbocycles. The first-order valence-electron chi connectivity index (χ1n) is 9.47. The molecule has 9 nitrogen and oxygen atoms in total. The molecule has 0 unspecified atom stereocenters. The maximum atomic E-state index is 13.7. The fourth-order valence-electron chi connectivity index (χ4n) is 3.78. The van der Waals surface area contributed by atoms with Gasteiger partial charge in [0.05, 0.1) is 40.9 Å². The normalized spacial score (nSPS) is 16.3. The zero-order valence-corrected chi connectivity index (χ0v) is 18.6. The number of benzene rings is 2. The molecule has 1 aliphatic rings. The standard InChI is InChI=1S/C21H25NO8S/c1-27-14-5-6-17(28-2)20(10-14)31(25,26)22-8-7-13-9-18(29-3)19(30-4)11-15(13)16(22)12-21(23)24/h5-6,9-11,16H,7-8,12H2,1-4H3,(H,23,24)/t16-/m0/s1. The van der Waals surface area contributed by atoms with Crippen molar-refractivity contribution in [2.24, 2.45) is 0 Å². The Morgan fingerprint density at radius 3 is 2.23 bits per heavy atom. The Balaban J connectivity index is 2.16. The van der Waals surface area contributed by atoms with Gasteiger partial charge in [0, 0.05) is 12.6 Å². The topological polar surface area (TPSA) is 112 Å². The predicted molar refractivity (Wildman–Crippen MR) is 112 cm³/mol. The molecule has 0 saturated carbocycles. The van der Waals surface area contributed by atoms with Crippen LogP contribution in [0.5, 0.6) is 23.0 Å². The Kier molecular flexibility index (Phi) is 6.61. The Morgan fingerprint density at radius 2 is 1.65 bits per heavy atom. The Bertz CT molecular complexity index is 1080. The summed E-state index contributed by atoms with van der Waals surface area (Å²) in [5.41, 5.74) is 1.38. The maximum Gasteiger partial charge on any atom is 0.305 e. The summed E-state index contributed by atoms with van der Waals surface area (Å²) in [6.45, 7) is 0.100. The first-order valence-corrected chi connectivity index (χ1v) is 10.9. The van der Waals surface area contributed by atoms with Crippen LogP contribution >= 0.6 is 0 Å². The van der Waals surface area contributed by atoms with Crippen LogP contribution in [0.25, 0.3) is 0 Å². The number of sulfonamides is 1. The van der Waals surface area contributed by atoms with E-state index >= 15 is 0 Å². The number of methoxy groups -OCH3 is 4. The van der Waals surface area contributed by atoms with Crippen LogP contribution in [0.4, 0.5) is 0 Å². The third-order valence-corrected chi connectivity index (χ3v) is 7.21. The number of ether oxygens (including phenoxy) is 4. The van der Waals surface area contributed by atoms with Gasteiger partial charge in [0.25, 0.3) is 0 Å². The van der Waals surface area contributed by atoms with E-state index in [9.17, 15) is 18.3 Å². The van der Waals surface area contributed by atoms with Crippen molar-refractivity contribution >= 4 is 16.0 Å². The van der Waals surface area contributed by atoms with Crippen LogP contribution in [-0.2, 0) is 21.2 Å². The molecule has 3 rings (SSSR count). The summed E-state index contributed by atoms with van der Waals surface area (Å²) in [5, 5.41) is 9.53. The van der Waals surface area contributed by atoms with Crippen LogP contribution in [0.3, 0.4) is 0 Å². The molecule has 0 radical (unpaired) electrons. The Labute approximate surface area is 181 Å². The van der Waals surface area contributed by atoms with E-state index in [1.54, 1.807) is 18.2 Å². The summed E-state index contributed by atoms with van der Waals surface area (Å²) < 4.78 is 49.6. The smallest absolute Gasteiger partial charge is 0.305 e. The third kappa shape index (κ3) is 4.26. The van der Waals surface area contributed by atoms with E-state index in [0.717, 1.165) is 5.56 Å². The van der Waals surface area contributed by atoms with Crippen LogP contribution in [0.1, 0.15) is 23.6 Å². The van der Waals surface area contributed by atoms with Gasteiger partial charge < -0.3 is 24.1 Å². The molecule has 1 N–H and O–H groups in total. The molecule has 0 saturated heterocycles. The van der Waals surface area contributed by atoms with Gasteiger partial charge in [0.1, 0.15) is 16.4 Å². The molecule has 0 bridgehead atoms. The summed E-state index contributed by atoms with van der Waals surface area (Å²) in [6, 6.07) is 6.95. The molecule has 0 aliphatic carbocycles. The molecule has 10 heteroatoms. The Morgan fingerprint density at radius 1 is 1.00 bits per heavy atom. The number of hydrogen-bond donors (Lipinski definition) is 1. The summed E-state index contributed by atoms with van der Waals surface area (Å²) in [4.78, 5) is 11.6. The van der Waals surface area contributed by atoms with Crippen molar-refractivity contribution in [1.82, 2.24) is 4.31 Å². The van der Waals surface area contributed by atoms with E-state index in [4.69, 9.17) is 18.9 Å². The minimum atomic E-state index is -4.12. The van der Waals surface area contributed by atoms with Gasteiger partial charge in [-0.15, -0.1) is 0 Å². The molecular formula is C21H25NO8S. The second-order valence-electron chi connectivity index (χ2n) is 6.90. The van der Waals surface area contributed by atoms with Crippen molar-refractivity contribution in [3.8, 4) is 23.0 Å². The molecule has 0 spiro atoms. The highest BCUT2D eigenvalue weighted by Gasteiger charge is 2.39. The van der Waals surface area contributed by atoms with Crippen molar-refractivity contribution < 1.29 is 37.3 Å². The van der Waals surface area contributed by atoms with Gasteiger partial charge in [-0.2, -0.15) is 4.31 Å². The van der Waals surface area contributed by atoms with E-state index in [0.29, 0.717) is 29.2 Å². The minimum absolute atomic E-state index is 0.0892. The van der Waals surface area contributed by atoms with Gasteiger partial charge in [-0.1, -0.05) is 0 Å². The van der Waals surface area contributed by atoms with Crippen LogP contribution in [0.2, 0.25) is 0 Å². The fourth-order valence-corrected chi connectivity index (χ4v) is 5.56. The van der Waals surface area contributed by atoms with Crippen LogP contribution in [0, 0.1) is 0 Å². The third-order valence-electron chi connectivity index (χ3n) is 5.28. The highest BCUT2D eigenvalue weighted by atomic mass is 32.2. The first kappa shape index (κ1) is 22.7. The monoisotopic (exact) mass is 451 g/mol. The number of carbonyl (C=O) groups is 1. The van der Waals surface area contributed by atoms with Crippen molar-refractivity contribution in [1.29, 1.82) is 0 Å². The van der Waals surface area contributed by atoms with Crippen molar-refractivity contribution in [2.45, 2.75) is 23.8 Å². The van der Waals surface area contributed by atoms with E-state index in [1.807, 2.05) is 0 Å². The SMILES string of the molecule is COc1ccc(OC)c(S(=O)(=O)N2CCc3cc(OC)c(OC)cc3[C@@H]2CC(=O)O)c1. The number of rotatable bonds is 8. The highest BCUT2D eigenvalue weighted by molar-refractivity contribution is 7.89. The van der Waals surface area contributed by atoms with Gasteiger partial charge >= 0.3 is 5.97 Å². The molecule has 1 atom stereocenters. The quantitative estimate of drug-likeness (QED) is 0.652. The van der Waals surface area contributed by atoms with Crippen LogP contribution in [0.15, 0.2) is 35.2 Å². The van der Waals surface area contributed by atoms with E-state index in [2.05, 4.69) is 0 Å². The minimum Gasteiger partial charge on any atom is -0.497 e. The van der Waals surface area contributed by atoms with Gasteiger partial charge in [0.2, 0.25) is 10.0 Å². The lowest BCUT2D eigenvalue weighted by molar-refractivity contribution is -0.138. The van der Waals surface area contributed by atoms with Gasteiger partial charge in [0.15, 0.2) is 11.5 Å². The van der Waals surface area contributed by atoms with E-state index in [1.165, 1.54) is 44.9 Å². The lowest BCUT2D eigenvalue weighted by Gasteiger charge is -2.36. The van der Waals surface area contributed by atoms with Gasteiger partial charge in [-0.25, -0.2) is 8.42 Å². The number of fused-ring (bicyclic) bond motifs is 1. The highest BCUT2D eigenvalue weighted by Crippen LogP contribution is 2.43. The van der Waals surface area contributed by atoms with Gasteiger partial charge in [-0.05, 0) is 41.8 Å². The first-order chi connectivity index (χ1) is 14.8. The molecular weight excluding hydrogens is 426 g/mol. The molecule has 0 amide bonds. The summed E-state index contributed by atoms with van der Waals surface area (Å²) in [7, 11) is 1.66. The zero-order chi connectivity index (χ0) is 22.8. The number of hydrogen-bond acceptors (Lipinski definition) is 7. The van der Waals surface area contributed by atoms with E-state index in [-0.39, 0.29) is 17.2 Å². The molecule has 1 aliphatic heterocycles. The Hall–Kier alpha value is -2.98. The molecule has 168 valence electrons. The maximum absolute atomic E-state index is 13.7. The van der Waals surface area contributed by atoms with Gasteiger partial charge in [-0.3, -0.25) is 4.79 Å². The van der Waals surface area contributed by atoms with Crippen molar-refractivity contribution in [3.63, 3.8) is 0 Å². The fraction of sp³-hybridized carbons (Fsp3) is 0.381. The van der Waals surface area contributed by atoms with E-state index < -0.39 is 28.5 Å². The number of carboxylic acids is 1. The summed E-state index contributed by atoms with van der Waals surface area (Å²) >= 11 is 0. The summed E-state index contributed by atoms with van der Waals surface area (Å²) in [5.74, 6) is 0.271. The zero-order valence-electron chi connectivity index (χ0n) is 17.7. The molecule has 1 heterocycles. The second kappa shape index (κ2) is 9.03. The lowest BCUT2D eigenvalue weighted by atomic mass is 9.92. The van der Waals surface area contributed by atoms with Crippen molar-refractivity contribution in [2.75, 3.05) is 35.0 Å². The second-order valence-corrected chi connectivity index (χ2v) is 8.76. The molecule has 31 heavy (non-hydrogen) atoms. The number of nitrogens with zero attached hydrogens (tertiary/aromatic N) is 1. The number of carboxylic acid groups (broad SMARTS) is 1. The summed E-state index contributed by atoms with van der Waals surface area (Å²) in [6.07, 6.45) is -0.0225. The molecule has 2 aromatic rings. The van der Waals surface area contributed by atoms with Crippen LogP contribution in [-0.4, -0.2) is 58.8 Å². The van der Waals surface area contributed by atoms with Crippen molar-refractivity contribution in [3.05, 3.63) is 41.5 Å². The molecule has 0 fully saturated rings. The van der Waals surface area contributed by atoms with Crippen LogP contribution < -0.4 is 18.9 Å². The largest absolute Gasteiger partial charge is 0.497 e. The average molecular weight is 451 g/mol. The average Bonchev–Trinajstić information content (AvgIpc) is 2.77. The number of aliphatic carboxylic acids is 1. The lowest BCUT2D eigenvalue weighted by Crippen LogP contribution is -2.41. The predicted octanol–water partition coefficient (Wildman–Crippen LogP) is 2.48. The molecule has 0 aromatic heterocycles.